The Morgan fingerprint density at radius 2 is 1.85 bits per heavy atom. The van der Waals surface area contributed by atoms with Crippen LogP contribution >= 0.6 is 11.3 Å². The summed E-state index contributed by atoms with van der Waals surface area (Å²) in [6.45, 7) is 0.233. The molecule has 0 aliphatic heterocycles. The number of fused-ring (bicyclic) bond motifs is 1. The number of benzene rings is 2. The van der Waals surface area contributed by atoms with E-state index in [9.17, 15) is 9.59 Å². The number of para-hydroxylation sites is 2. The fourth-order valence-corrected chi connectivity index (χ4v) is 3.56. The summed E-state index contributed by atoms with van der Waals surface area (Å²) >= 11 is 1.34. The Morgan fingerprint density at radius 3 is 2.70 bits per heavy atom. The predicted molar refractivity (Wildman–Crippen MR) is 103 cm³/mol. The van der Waals surface area contributed by atoms with Gasteiger partial charge in [0.15, 0.2) is 5.58 Å². The van der Waals surface area contributed by atoms with E-state index in [0.717, 1.165) is 10.6 Å². The molecule has 0 unspecified atom stereocenters. The molecule has 4 aromatic rings. The lowest BCUT2D eigenvalue weighted by Gasteiger charge is -2.02. The van der Waals surface area contributed by atoms with Gasteiger partial charge in [-0.1, -0.05) is 53.8 Å². The zero-order chi connectivity index (χ0) is 18.6. The smallest absolute Gasteiger partial charge is 0.408 e. The number of nitrogens with one attached hydrogen (secondary N) is 1. The molecule has 0 radical (unpaired) electrons. The molecule has 27 heavy (non-hydrogen) atoms. The van der Waals surface area contributed by atoms with Crippen molar-refractivity contribution < 1.29 is 9.21 Å². The Hall–Kier alpha value is -3.26. The van der Waals surface area contributed by atoms with Gasteiger partial charge in [0.25, 0.3) is 0 Å². The van der Waals surface area contributed by atoms with E-state index in [4.69, 9.17) is 4.42 Å². The number of carbonyl (C=O) groups excluding carboxylic acids is 1. The van der Waals surface area contributed by atoms with E-state index in [1.165, 1.54) is 15.9 Å². The van der Waals surface area contributed by atoms with Crippen LogP contribution in [0.2, 0.25) is 0 Å². The summed E-state index contributed by atoms with van der Waals surface area (Å²) in [7, 11) is 0. The monoisotopic (exact) mass is 380 g/mol. The fourth-order valence-electron chi connectivity index (χ4n) is 2.77. The molecule has 136 valence electrons. The van der Waals surface area contributed by atoms with Gasteiger partial charge in [0.05, 0.1) is 5.52 Å². The first kappa shape index (κ1) is 17.2. The number of carbonyl (C=O) groups is 1. The molecule has 0 atom stereocenters. The van der Waals surface area contributed by atoms with E-state index in [1.807, 2.05) is 36.4 Å². The van der Waals surface area contributed by atoms with Gasteiger partial charge in [-0.15, -0.1) is 10.2 Å². The lowest BCUT2D eigenvalue weighted by Crippen LogP contribution is -2.19. The molecule has 0 spiro atoms. The lowest BCUT2D eigenvalue weighted by molar-refractivity contribution is -0.116. The highest BCUT2D eigenvalue weighted by atomic mass is 32.1. The summed E-state index contributed by atoms with van der Waals surface area (Å²) in [6.07, 6.45) is 0.807. The average molecular weight is 380 g/mol. The molecule has 0 aliphatic rings. The third kappa shape index (κ3) is 3.95. The Labute approximate surface area is 158 Å². The van der Waals surface area contributed by atoms with Gasteiger partial charge in [0.2, 0.25) is 11.0 Å². The first-order valence-corrected chi connectivity index (χ1v) is 9.25. The molecule has 2 aromatic heterocycles. The van der Waals surface area contributed by atoms with Crippen LogP contribution in [0.25, 0.3) is 11.1 Å². The van der Waals surface area contributed by atoms with Crippen LogP contribution in [0.1, 0.15) is 17.0 Å². The third-order valence-corrected chi connectivity index (χ3v) is 4.89. The molecular weight excluding hydrogens is 364 g/mol. The van der Waals surface area contributed by atoms with Gasteiger partial charge < -0.3 is 9.73 Å². The van der Waals surface area contributed by atoms with Crippen molar-refractivity contribution in [2.45, 2.75) is 19.4 Å². The van der Waals surface area contributed by atoms with Gasteiger partial charge in [0.1, 0.15) is 5.01 Å². The van der Waals surface area contributed by atoms with Crippen LogP contribution in [-0.2, 0) is 17.8 Å². The molecule has 2 aromatic carbocycles. The van der Waals surface area contributed by atoms with Crippen LogP contribution in [0, 0.1) is 0 Å². The highest BCUT2D eigenvalue weighted by Crippen LogP contribution is 2.19. The second-order valence-corrected chi connectivity index (χ2v) is 7.01. The van der Waals surface area contributed by atoms with E-state index in [-0.39, 0.29) is 18.9 Å². The van der Waals surface area contributed by atoms with Gasteiger partial charge in [0, 0.05) is 19.4 Å². The molecule has 0 bridgehead atoms. The van der Waals surface area contributed by atoms with Crippen molar-refractivity contribution in [1.29, 1.82) is 0 Å². The quantitative estimate of drug-likeness (QED) is 0.555. The summed E-state index contributed by atoms with van der Waals surface area (Å²) in [5.41, 5.74) is 2.33. The van der Waals surface area contributed by atoms with E-state index in [0.29, 0.717) is 22.7 Å². The van der Waals surface area contributed by atoms with Gasteiger partial charge in [-0.05, 0) is 17.7 Å². The van der Waals surface area contributed by atoms with E-state index < -0.39 is 5.76 Å². The number of hydrogen-bond acceptors (Lipinski definition) is 6. The first-order chi connectivity index (χ1) is 13.2. The molecule has 8 heteroatoms. The Morgan fingerprint density at radius 1 is 1.07 bits per heavy atom. The standard InChI is InChI=1S/C19H16N4O3S/c24-16(10-11-23-14-8-4-5-9-15(14)26-19(23)25)20-18-22-21-17(27-18)12-13-6-2-1-3-7-13/h1-9H,10-12H2,(H,20,22,24). The second-order valence-electron chi connectivity index (χ2n) is 5.95. The minimum Gasteiger partial charge on any atom is -0.408 e. The summed E-state index contributed by atoms with van der Waals surface area (Å²) in [5, 5.41) is 12.1. The zero-order valence-corrected chi connectivity index (χ0v) is 15.1. The van der Waals surface area contributed by atoms with Gasteiger partial charge in [-0.3, -0.25) is 9.36 Å². The minimum atomic E-state index is -0.468. The van der Waals surface area contributed by atoms with Crippen LogP contribution in [-0.4, -0.2) is 20.7 Å². The van der Waals surface area contributed by atoms with E-state index in [1.54, 1.807) is 18.2 Å². The Balaban J connectivity index is 1.37. The molecule has 2 heterocycles. The minimum absolute atomic E-state index is 0.136. The zero-order valence-electron chi connectivity index (χ0n) is 14.3. The van der Waals surface area contributed by atoms with Crippen molar-refractivity contribution in [3.8, 4) is 0 Å². The molecule has 0 saturated heterocycles. The van der Waals surface area contributed by atoms with Crippen molar-refractivity contribution in [3.05, 3.63) is 75.7 Å². The highest BCUT2D eigenvalue weighted by Gasteiger charge is 2.12. The van der Waals surface area contributed by atoms with Gasteiger partial charge >= 0.3 is 5.76 Å². The number of amides is 1. The molecule has 0 aliphatic carbocycles. The van der Waals surface area contributed by atoms with Crippen molar-refractivity contribution in [3.63, 3.8) is 0 Å². The number of nitrogens with zero attached hydrogens (tertiary/aromatic N) is 3. The third-order valence-electron chi connectivity index (χ3n) is 4.05. The van der Waals surface area contributed by atoms with Crippen LogP contribution < -0.4 is 11.1 Å². The van der Waals surface area contributed by atoms with Crippen LogP contribution in [0.15, 0.2) is 63.8 Å². The fraction of sp³-hybridized carbons (Fsp3) is 0.158. The largest absolute Gasteiger partial charge is 0.419 e. The van der Waals surface area contributed by atoms with Gasteiger partial charge in [-0.2, -0.15) is 0 Å². The first-order valence-electron chi connectivity index (χ1n) is 8.43. The molecular formula is C19H16N4O3S. The predicted octanol–water partition coefficient (Wildman–Crippen LogP) is 3.07. The van der Waals surface area contributed by atoms with Crippen molar-refractivity contribution >= 4 is 33.5 Å². The van der Waals surface area contributed by atoms with E-state index >= 15 is 0 Å². The highest BCUT2D eigenvalue weighted by molar-refractivity contribution is 7.15. The normalized spacial score (nSPS) is 11.0. The molecule has 1 N–H and O–H groups in total. The number of oxazole rings is 1. The van der Waals surface area contributed by atoms with E-state index in [2.05, 4.69) is 15.5 Å². The Kier molecular flexibility index (Phi) is 4.80. The summed E-state index contributed by atoms with van der Waals surface area (Å²) < 4.78 is 6.62. The van der Waals surface area contributed by atoms with Crippen LogP contribution in [0.3, 0.4) is 0 Å². The maximum Gasteiger partial charge on any atom is 0.419 e. The van der Waals surface area contributed by atoms with Crippen molar-refractivity contribution in [1.82, 2.24) is 14.8 Å². The summed E-state index contributed by atoms with van der Waals surface area (Å²) in [4.78, 5) is 24.1. The lowest BCUT2D eigenvalue weighted by atomic mass is 10.2. The maximum atomic E-state index is 12.2. The number of aromatic nitrogens is 3. The molecule has 0 fully saturated rings. The molecule has 1 amide bonds. The van der Waals surface area contributed by atoms with Gasteiger partial charge in [-0.25, -0.2) is 4.79 Å². The number of anilines is 1. The molecule has 0 saturated carbocycles. The summed E-state index contributed by atoms with van der Waals surface area (Å²) in [6, 6.07) is 17.1. The number of hydrogen-bond donors (Lipinski definition) is 1. The van der Waals surface area contributed by atoms with Crippen molar-refractivity contribution in [2.75, 3.05) is 5.32 Å². The number of rotatable bonds is 6. The Bertz CT molecular complexity index is 1130. The second kappa shape index (κ2) is 7.55. The molecule has 7 nitrogen and oxygen atoms in total. The van der Waals surface area contributed by atoms with Crippen LogP contribution in [0.5, 0.6) is 0 Å². The number of aryl methyl sites for hydroxylation is 1. The van der Waals surface area contributed by atoms with Crippen molar-refractivity contribution in [2.24, 2.45) is 0 Å². The SMILES string of the molecule is O=C(CCn1c(=O)oc2ccccc21)Nc1nnc(Cc2ccccc2)s1. The topological polar surface area (TPSA) is 90.0 Å². The molecule has 4 rings (SSSR count). The summed E-state index contributed by atoms with van der Waals surface area (Å²) in [5.74, 6) is -0.695. The maximum absolute atomic E-state index is 12.2. The van der Waals surface area contributed by atoms with Crippen LogP contribution in [0.4, 0.5) is 5.13 Å². The average Bonchev–Trinajstić information content (AvgIpc) is 3.24.